The molecule has 0 unspecified atom stereocenters. The molecule has 0 N–H and O–H groups in total. The summed E-state index contributed by atoms with van der Waals surface area (Å²) in [5.41, 5.74) is 1.16. The van der Waals surface area contributed by atoms with Crippen LogP contribution in [0.25, 0.3) is 0 Å². The number of ether oxygens (including phenoxy) is 2. The second-order valence-corrected chi connectivity index (χ2v) is 3.68. The highest BCUT2D eigenvalue weighted by Gasteiger charge is 2.07. The van der Waals surface area contributed by atoms with Crippen molar-refractivity contribution < 1.29 is 13.9 Å². The zero-order chi connectivity index (χ0) is 11.1. The fourth-order valence-corrected chi connectivity index (χ4v) is 1.43. The van der Waals surface area contributed by atoms with E-state index in [2.05, 4.69) is 13.0 Å². The first-order valence-electron chi connectivity index (χ1n) is 5.42. The molecule has 0 saturated heterocycles. The summed E-state index contributed by atoms with van der Waals surface area (Å²) in [6, 6.07) is 2.10. The van der Waals surface area contributed by atoms with E-state index >= 15 is 0 Å². The van der Waals surface area contributed by atoms with E-state index in [0.717, 1.165) is 23.5 Å². The SMILES string of the molecule is CCCCc1cc(C)c(COCOC)o1. The average Bonchev–Trinajstić information content (AvgIpc) is 2.57. The Morgan fingerprint density at radius 2 is 2.20 bits per heavy atom. The predicted molar refractivity (Wildman–Crippen MR) is 58.7 cm³/mol. The van der Waals surface area contributed by atoms with Gasteiger partial charge in [0.25, 0.3) is 0 Å². The van der Waals surface area contributed by atoms with Gasteiger partial charge in [0.05, 0.1) is 0 Å². The van der Waals surface area contributed by atoms with E-state index in [-0.39, 0.29) is 0 Å². The third-order valence-electron chi connectivity index (χ3n) is 2.28. The molecule has 0 radical (unpaired) electrons. The van der Waals surface area contributed by atoms with Gasteiger partial charge in [-0.1, -0.05) is 13.3 Å². The van der Waals surface area contributed by atoms with Gasteiger partial charge >= 0.3 is 0 Å². The van der Waals surface area contributed by atoms with E-state index < -0.39 is 0 Å². The second kappa shape index (κ2) is 6.64. The Morgan fingerprint density at radius 3 is 2.87 bits per heavy atom. The maximum Gasteiger partial charge on any atom is 0.146 e. The molecule has 1 aromatic rings. The molecule has 3 heteroatoms. The Bertz CT molecular complexity index is 278. The molecule has 0 fully saturated rings. The van der Waals surface area contributed by atoms with Crippen molar-refractivity contribution in [2.75, 3.05) is 13.9 Å². The van der Waals surface area contributed by atoms with Crippen molar-refractivity contribution in [1.29, 1.82) is 0 Å². The van der Waals surface area contributed by atoms with Crippen molar-refractivity contribution in [2.24, 2.45) is 0 Å². The summed E-state index contributed by atoms with van der Waals surface area (Å²) in [5, 5.41) is 0. The van der Waals surface area contributed by atoms with Gasteiger partial charge in [0.2, 0.25) is 0 Å². The summed E-state index contributed by atoms with van der Waals surface area (Å²) in [7, 11) is 1.61. The molecule has 1 rings (SSSR count). The van der Waals surface area contributed by atoms with Gasteiger partial charge < -0.3 is 13.9 Å². The lowest BCUT2D eigenvalue weighted by Gasteiger charge is -2.00. The van der Waals surface area contributed by atoms with Crippen LogP contribution in [0.15, 0.2) is 10.5 Å². The van der Waals surface area contributed by atoms with Crippen LogP contribution in [0.2, 0.25) is 0 Å². The third kappa shape index (κ3) is 4.06. The van der Waals surface area contributed by atoms with Crippen molar-refractivity contribution in [3.8, 4) is 0 Å². The Hall–Kier alpha value is -0.800. The third-order valence-corrected chi connectivity index (χ3v) is 2.28. The lowest BCUT2D eigenvalue weighted by Crippen LogP contribution is -1.96. The van der Waals surface area contributed by atoms with Crippen LogP contribution in [0.1, 0.15) is 36.8 Å². The molecular formula is C12H20O3. The maximum absolute atomic E-state index is 5.68. The van der Waals surface area contributed by atoms with E-state index in [4.69, 9.17) is 13.9 Å². The van der Waals surface area contributed by atoms with Crippen LogP contribution >= 0.6 is 0 Å². The number of aryl methyl sites for hydroxylation is 2. The van der Waals surface area contributed by atoms with Crippen LogP contribution in [0.5, 0.6) is 0 Å². The molecule has 86 valence electrons. The highest BCUT2D eigenvalue weighted by Crippen LogP contribution is 2.17. The Morgan fingerprint density at radius 1 is 1.40 bits per heavy atom. The molecule has 0 bridgehead atoms. The zero-order valence-electron chi connectivity index (χ0n) is 9.84. The van der Waals surface area contributed by atoms with Crippen LogP contribution in [0.4, 0.5) is 0 Å². The molecule has 15 heavy (non-hydrogen) atoms. The van der Waals surface area contributed by atoms with E-state index in [1.807, 2.05) is 6.92 Å². The summed E-state index contributed by atoms with van der Waals surface area (Å²) in [6.07, 6.45) is 3.38. The van der Waals surface area contributed by atoms with Crippen molar-refractivity contribution >= 4 is 0 Å². The van der Waals surface area contributed by atoms with Crippen molar-refractivity contribution in [3.05, 3.63) is 23.2 Å². The van der Waals surface area contributed by atoms with Crippen molar-refractivity contribution in [3.63, 3.8) is 0 Å². The van der Waals surface area contributed by atoms with Gasteiger partial charge in [0, 0.05) is 13.5 Å². The largest absolute Gasteiger partial charge is 0.463 e. The highest BCUT2D eigenvalue weighted by molar-refractivity contribution is 5.19. The Labute approximate surface area is 91.4 Å². The molecule has 0 aromatic carbocycles. The lowest BCUT2D eigenvalue weighted by atomic mass is 10.2. The first kappa shape index (κ1) is 12.3. The monoisotopic (exact) mass is 212 g/mol. The maximum atomic E-state index is 5.68. The lowest BCUT2D eigenvalue weighted by molar-refractivity contribution is -0.0444. The Balaban J connectivity index is 2.45. The number of hydrogen-bond donors (Lipinski definition) is 0. The van der Waals surface area contributed by atoms with Gasteiger partial charge in [-0.25, -0.2) is 0 Å². The van der Waals surface area contributed by atoms with Crippen LogP contribution in [0, 0.1) is 6.92 Å². The van der Waals surface area contributed by atoms with Crippen LogP contribution in [-0.4, -0.2) is 13.9 Å². The number of furan rings is 1. The minimum absolute atomic E-state index is 0.310. The summed E-state index contributed by atoms with van der Waals surface area (Å²) in [6.45, 7) is 5.03. The highest BCUT2D eigenvalue weighted by atomic mass is 16.7. The Kier molecular flexibility index (Phi) is 5.43. The van der Waals surface area contributed by atoms with Gasteiger partial charge in [-0.05, 0) is 25.0 Å². The topological polar surface area (TPSA) is 31.6 Å². The predicted octanol–water partition coefficient (Wildman–Crippen LogP) is 3.05. The fraction of sp³-hybridized carbons (Fsp3) is 0.667. The second-order valence-electron chi connectivity index (χ2n) is 3.68. The van der Waals surface area contributed by atoms with Crippen LogP contribution in [0.3, 0.4) is 0 Å². The van der Waals surface area contributed by atoms with E-state index in [0.29, 0.717) is 13.4 Å². The number of unbranched alkanes of at least 4 members (excludes halogenated alkanes) is 1. The first-order chi connectivity index (χ1) is 7.27. The minimum Gasteiger partial charge on any atom is -0.463 e. The standard InChI is InChI=1S/C12H20O3/c1-4-5-6-11-7-10(2)12(15-11)8-14-9-13-3/h7H,4-6,8-9H2,1-3H3. The molecule has 0 aliphatic heterocycles. The fourth-order valence-electron chi connectivity index (χ4n) is 1.43. The molecule has 1 heterocycles. The molecule has 0 amide bonds. The molecule has 0 aliphatic rings. The number of methoxy groups -OCH3 is 1. The van der Waals surface area contributed by atoms with E-state index in [1.165, 1.54) is 12.8 Å². The van der Waals surface area contributed by atoms with E-state index in [1.54, 1.807) is 7.11 Å². The summed E-state index contributed by atoms with van der Waals surface area (Å²) >= 11 is 0. The molecule has 3 nitrogen and oxygen atoms in total. The molecule has 0 saturated carbocycles. The van der Waals surface area contributed by atoms with Gasteiger partial charge in [0.1, 0.15) is 24.9 Å². The van der Waals surface area contributed by atoms with Crippen molar-refractivity contribution in [1.82, 2.24) is 0 Å². The van der Waals surface area contributed by atoms with Crippen LogP contribution < -0.4 is 0 Å². The quantitative estimate of drug-likeness (QED) is 0.514. The smallest absolute Gasteiger partial charge is 0.146 e. The van der Waals surface area contributed by atoms with E-state index in [9.17, 15) is 0 Å². The van der Waals surface area contributed by atoms with Gasteiger partial charge in [-0.3, -0.25) is 0 Å². The summed E-state index contributed by atoms with van der Waals surface area (Å²) in [4.78, 5) is 0. The van der Waals surface area contributed by atoms with Gasteiger partial charge in [-0.15, -0.1) is 0 Å². The molecule has 1 aromatic heterocycles. The van der Waals surface area contributed by atoms with Gasteiger partial charge in [-0.2, -0.15) is 0 Å². The summed E-state index contributed by atoms with van der Waals surface area (Å²) < 4.78 is 15.7. The molecular weight excluding hydrogens is 192 g/mol. The van der Waals surface area contributed by atoms with Gasteiger partial charge in [0.15, 0.2) is 0 Å². The zero-order valence-corrected chi connectivity index (χ0v) is 9.84. The average molecular weight is 212 g/mol. The van der Waals surface area contributed by atoms with Crippen LogP contribution in [-0.2, 0) is 22.5 Å². The van der Waals surface area contributed by atoms with Crippen molar-refractivity contribution in [2.45, 2.75) is 39.7 Å². The number of rotatable bonds is 7. The number of hydrogen-bond acceptors (Lipinski definition) is 3. The normalized spacial score (nSPS) is 10.9. The molecule has 0 aliphatic carbocycles. The molecule has 0 spiro atoms. The minimum atomic E-state index is 0.310. The molecule has 0 atom stereocenters. The summed E-state index contributed by atoms with van der Waals surface area (Å²) in [5.74, 6) is 1.98. The first-order valence-corrected chi connectivity index (χ1v) is 5.42.